The molecule has 5 aromatic rings. The summed E-state index contributed by atoms with van der Waals surface area (Å²) in [4.78, 5) is 71.8. The van der Waals surface area contributed by atoms with E-state index in [2.05, 4.69) is 5.43 Å². The third-order valence-electron chi connectivity index (χ3n) is 12.4. The fourth-order valence-corrected chi connectivity index (χ4v) is 9.78. The fraction of sp³-hybridized carbons (Fsp3) is 0.213. The number of carbonyl (C=O) groups excluding carboxylic acids is 4. The third kappa shape index (κ3) is 5.93. The van der Waals surface area contributed by atoms with Crippen molar-refractivity contribution in [3.05, 3.63) is 161 Å². The zero-order chi connectivity index (χ0) is 41.2. The normalized spacial score (nSPS) is 24.6. The van der Waals surface area contributed by atoms with Crippen LogP contribution in [0.2, 0.25) is 0 Å². The number of nitrogens with one attached hydrogen (secondary N) is 1. The van der Waals surface area contributed by atoms with Crippen molar-refractivity contribution in [2.75, 3.05) is 10.3 Å². The highest BCUT2D eigenvalue weighted by atomic mass is 16.5. The van der Waals surface area contributed by atoms with Crippen molar-refractivity contribution in [3.8, 4) is 17.2 Å². The molecule has 4 N–H and O–H groups in total. The van der Waals surface area contributed by atoms with Crippen molar-refractivity contribution in [2.24, 2.45) is 23.7 Å². The number of aryl methyl sites for hydroxylation is 1. The number of carbonyl (C=O) groups is 5. The summed E-state index contributed by atoms with van der Waals surface area (Å²) in [5.41, 5.74) is 5.08. The topological polar surface area (TPSA) is 174 Å². The van der Waals surface area contributed by atoms with E-state index in [9.17, 15) is 34.5 Å². The molecule has 0 unspecified atom stereocenters. The molecule has 4 aliphatic rings. The largest absolute Gasteiger partial charge is 0.508 e. The van der Waals surface area contributed by atoms with Gasteiger partial charge in [-0.15, -0.1) is 0 Å². The number of aromatic carboxylic acids is 1. The maximum Gasteiger partial charge on any atom is 0.339 e. The quantitative estimate of drug-likeness (QED) is 0.0912. The number of hydrazine groups is 1. The Morgan fingerprint density at radius 2 is 1.51 bits per heavy atom. The van der Waals surface area contributed by atoms with Gasteiger partial charge in [-0.3, -0.25) is 24.6 Å². The van der Waals surface area contributed by atoms with Crippen LogP contribution in [0.1, 0.15) is 51.4 Å². The lowest BCUT2D eigenvalue weighted by Gasteiger charge is -2.50. The van der Waals surface area contributed by atoms with Gasteiger partial charge in [0.15, 0.2) is 0 Å². The van der Waals surface area contributed by atoms with E-state index >= 15 is 4.79 Å². The van der Waals surface area contributed by atoms with Crippen LogP contribution in [-0.2, 0) is 31.2 Å². The number of nitrogens with zero attached hydrogens (tertiary/aromatic N) is 2. The lowest BCUT2D eigenvalue weighted by Crippen LogP contribution is -2.53. The molecule has 12 nitrogen and oxygen atoms in total. The number of benzene rings is 5. The number of hydrogen-bond donors (Lipinski definition) is 4. The Kier molecular flexibility index (Phi) is 9.07. The number of rotatable bonds is 9. The van der Waals surface area contributed by atoms with Gasteiger partial charge in [-0.2, -0.15) is 5.01 Å². The Morgan fingerprint density at radius 3 is 2.19 bits per heavy atom. The second-order valence-corrected chi connectivity index (χ2v) is 15.6. The van der Waals surface area contributed by atoms with Gasteiger partial charge in [0.05, 0.1) is 34.5 Å². The van der Waals surface area contributed by atoms with E-state index in [0.717, 1.165) is 33.2 Å². The summed E-state index contributed by atoms with van der Waals surface area (Å²) in [7, 11) is 0. The Balaban J connectivity index is 1.18. The molecule has 0 bridgehead atoms. The molecule has 0 spiro atoms. The van der Waals surface area contributed by atoms with Crippen LogP contribution >= 0.6 is 0 Å². The number of imide groups is 2. The van der Waals surface area contributed by atoms with Crippen LogP contribution in [0.3, 0.4) is 0 Å². The monoisotopic (exact) mass is 789 g/mol. The molecule has 1 saturated carbocycles. The maximum atomic E-state index is 15.4. The first-order chi connectivity index (χ1) is 28.5. The lowest BCUT2D eigenvalue weighted by molar-refractivity contribution is -0.138. The van der Waals surface area contributed by atoms with Crippen LogP contribution in [0.15, 0.2) is 133 Å². The number of ether oxygens (including phenoxy) is 1. The van der Waals surface area contributed by atoms with Gasteiger partial charge < -0.3 is 20.1 Å². The second kappa shape index (κ2) is 14.3. The average Bonchev–Trinajstić information content (AvgIpc) is 3.62. The Morgan fingerprint density at radius 1 is 0.797 bits per heavy atom. The first kappa shape index (κ1) is 37.4. The number of carboxylic acid groups (broad SMARTS) is 1. The van der Waals surface area contributed by atoms with Gasteiger partial charge >= 0.3 is 5.97 Å². The maximum absolute atomic E-state index is 15.4. The summed E-state index contributed by atoms with van der Waals surface area (Å²) in [6.45, 7) is 2.17. The van der Waals surface area contributed by atoms with Crippen LogP contribution in [-0.4, -0.2) is 49.9 Å². The van der Waals surface area contributed by atoms with Crippen LogP contribution in [0.5, 0.6) is 17.2 Å². The van der Waals surface area contributed by atoms with Crippen molar-refractivity contribution in [1.29, 1.82) is 0 Å². The van der Waals surface area contributed by atoms with Crippen molar-refractivity contribution in [2.45, 2.75) is 37.7 Å². The molecule has 5 aromatic carbocycles. The van der Waals surface area contributed by atoms with Gasteiger partial charge in [-0.1, -0.05) is 96.1 Å². The molecular formula is C47H39N3O9. The third-order valence-corrected chi connectivity index (χ3v) is 12.4. The molecule has 2 aliphatic heterocycles. The SMILES string of the molecule is Cc1ccc(NN2C(=O)[C@@H]3C[C@@H]4C(=CC[C@@H]5C(=O)N(c6ccc(C(=O)O)c(O)c6)C(=O)[C@@H]54)[C@H](c4ccc(OCc5ccccc5)cc4O)[C@]3(c3ccccc3)C2=O)cc1. The smallest absolute Gasteiger partial charge is 0.339 e. The highest BCUT2D eigenvalue weighted by Crippen LogP contribution is 2.65. The molecule has 4 amide bonds. The molecule has 296 valence electrons. The molecule has 0 radical (unpaired) electrons. The van der Waals surface area contributed by atoms with E-state index < -0.39 is 70.4 Å². The fourth-order valence-electron chi connectivity index (χ4n) is 9.78. The average molecular weight is 790 g/mol. The van der Waals surface area contributed by atoms with Gasteiger partial charge in [0.2, 0.25) is 11.8 Å². The van der Waals surface area contributed by atoms with Gasteiger partial charge in [0, 0.05) is 23.6 Å². The number of carboxylic acids is 1. The van der Waals surface area contributed by atoms with E-state index in [4.69, 9.17) is 4.74 Å². The van der Waals surface area contributed by atoms with Gasteiger partial charge in [-0.05, 0) is 67.1 Å². The molecule has 0 aromatic heterocycles. The number of phenols is 2. The van der Waals surface area contributed by atoms with Crippen LogP contribution in [0.4, 0.5) is 11.4 Å². The Hall–Kier alpha value is -7.21. The molecule has 2 heterocycles. The second-order valence-electron chi connectivity index (χ2n) is 15.6. The van der Waals surface area contributed by atoms with E-state index in [-0.39, 0.29) is 36.4 Å². The van der Waals surface area contributed by atoms with Gasteiger partial charge in [0.1, 0.15) is 29.4 Å². The zero-order valence-corrected chi connectivity index (χ0v) is 31.8. The standard InChI is InChI=1S/C47H39N3O9/c1-26-12-14-29(15-13-26)48-50-43(54)37-24-36-32(20-21-35-40(36)44(55)49(42(35)53)30-16-18-34(45(56)57)38(51)22-30)41(47(37,46(50)58)28-10-6-3-7-11-28)33-19-17-31(23-39(33)52)59-25-27-8-4-2-5-9-27/h2-20,22-23,35-37,40-41,48,51-52H,21,24-25H2,1H3,(H,56,57)/t35-,36+,37-,40-,41+,47+/m0/s1. The molecule has 2 saturated heterocycles. The van der Waals surface area contributed by atoms with Crippen LogP contribution in [0, 0.1) is 30.6 Å². The lowest BCUT2D eigenvalue weighted by atomic mass is 9.49. The highest BCUT2D eigenvalue weighted by molar-refractivity contribution is 6.23. The summed E-state index contributed by atoms with van der Waals surface area (Å²) in [6, 6.07) is 34.3. The summed E-state index contributed by atoms with van der Waals surface area (Å²) in [5, 5.41) is 33.1. The van der Waals surface area contributed by atoms with E-state index in [0.29, 0.717) is 28.1 Å². The summed E-state index contributed by atoms with van der Waals surface area (Å²) < 4.78 is 6.06. The first-order valence-electron chi connectivity index (χ1n) is 19.4. The minimum Gasteiger partial charge on any atom is -0.508 e. The number of amides is 4. The van der Waals surface area contributed by atoms with Gasteiger partial charge in [-0.25, -0.2) is 9.69 Å². The number of aromatic hydroxyl groups is 2. The molecule has 59 heavy (non-hydrogen) atoms. The zero-order valence-electron chi connectivity index (χ0n) is 31.8. The first-order valence-corrected chi connectivity index (χ1v) is 19.4. The number of fused-ring (bicyclic) bond motifs is 4. The molecule has 12 heteroatoms. The van der Waals surface area contributed by atoms with E-state index in [1.54, 1.807) is 48.5 Å². The Labute approximate surface area is 338 Å². The van der Waals surface area contributed by atoms with Crippen molar-refractivity contribution in [1.82, 2.24) is 5.01 Å². The number of allylic oxidation sites excluding steroid dienone is 2. The predicted molar refractivity (Wildman–Crippen MR) is 215 cm³/mol. The summed E-state index contributed by atoms with van der Waals surface area (Å²) >= 11 is 0. The van der Waals surface area contributed by atoms with Crippen LogP contribution < -0.4 is 15.1 Å². The molecule has 2 aliphatic carbocycles. The minimum atomic E-state index is -1.60. The highest BCUT2D eigenvalue weighted by Gasteiger charge is 2.70. The molecule has 3 fully saturated rings. The number of anilines is 2. The van der Waals surface area contributed by atoms with Gasteiger partial charge in [0.25, 0.3) is 11.8 Å². The summed E-state index contributed by atoms with van der Waals surface area (Å²) in [6.07, 6.45) is 2.03. The molecule has 9 rings (SSSR count). The van der Waals surface area contributed by atoms with E-state index in [1.165, 1.54) is 12.1 Å². The van der Waals surface area contributed by atoms with E-state index in [1.807, 2.05) is 61.5 Å². The van der Waals surface area contributed by atoms with Crippen LogP contribution in [0.25, 0.3) is 0 Å². The number of phenolic OH excluding ortho intramolecular Hbond substituents is 1. The number of hydrogen-bond acceptors (Lipinski definition) is 9. The Bertz CT molecular complexity index is 2580. The minimum absolute atomic E-state index is 0.0220. The van der Waals surface area contributed by atoms with Crippen molar-refractivity contribution >= 4 is 41.0 Å². The van der Waals surface area contributed by atoms with Crippen molar-refractivity contribution in [3.63, 3.8) is 0 Å². The predicted octanol–water partition coefficient (Wildman–Crippen LogP) is 6.87. The summed E-state index contributed by atoms with van der Waals surface area (Å²) in [5.74, 6) is -8.44. The molecular weight excluding hydrogens is 751 g/mol. The molecule has 6 atom stereocenters. The van der Waals surface area contributed by atoms with Crippen molar-refractivity contribution < 1.29 is 44.0 Å².